The lowest BCUT2D eigenvalue weighted by molar-refractivity contribution is -0.110. The summed E-state index contributed by atoms with van der Waals surface area (Å²) in [5, 5.41) is 8.49. The van der Waals surface area contributed by atoms with Gasteiger partial charge in [-0.1, -0.05) is 0 Å². The standard InChI is InChI=1S/C7H10N2O2/c8-5-7-6-9(1-3-10)2-4-11-7/h3,7H,1-2,4,6H2. The lowest BCUT2D eigenvalue weighted by atomic mass is 10.3. The molecule has 0 amide bonds. The third-order valence-corrected chi connectivity index (χ3v) is 1.63. The van der Waals surface area contributed by atoms with Crippen molar-refractivity contribution < 1.29 is 9.53 Å². The minimum absolute atomic E-state index is 0.358. The zero-order valence-corrected chi connectivity index (χ0v) is 6.19. The van der Waals surface area contributed by atoms with Crippen molar-refractivity contribution in [1.82, 2.24) is 4.90 Å². The molecule has 0 radical (unpaired) electrons. The number of hydrogen-bond acceptors (Lipinski definition) is 4. The van der Waals surface area contributed by atoms with Crippen LogP contribution in [0.1, 0.15) is 0 Å². The lowest BCUT2D eigenvalue weighted by Gasteiger charge is -2.27. The van der Waals surface area contributed by atoms with Gasteiger partial charge in [0, 0.05) is 13.1 Å². The summed E-state index contributed by atoms with van der Waals surface area (Å²) in [7, 11) is 0. The lowest BCUT2D eigenvalue weighted by Crippen LogP contribution is -2.42. The monoisotopic (exact) mass is 154 g/mol. The first-order chi connectivity index (χ1) is 5.36. The minimum Gasteiger partial charge on any atom is -0.361 e. The van der Waals surface area contributed by atoms with Crippen LogP contribution in [0.15, 0.2) is 0 Å². The summed E-state index contributed by atoms with van der Waals surface area (Å²) in [5.74, 6) is 0. The Morgan fingerprint density at radius 3 is 3.27 bits per heavy atom. The van der Waals surface area contributed by atoms with Gasteiger partial charge in [0.05, 0.1) is 19.2 Å². The van der Waals surface area contributed by atoms with Crippen molar-refractivity contribution in [3.63, 3.8) is 0 Å². The number of hydrogen-bond donors (Lipinski definition) is 0. The second-order valence-electron chi connectivity index (χ2n) is 2.41. The molecule has 4 nitrogen and oxygen atoms in total. The van der Waals surface area contributed by atoms with E-state index in [4.69, 9.17) is 10.00 Å². The number of rotatable bonds is 2. The zero-order valence-electron chi connectivity index (χ0n) is 6.19. The minimum atomic E-state index is -0.358. The maximum Gasteiger partial charge on any atom is 0.156 e. The Hall–Kier alpha value is -0.920. The predicted octanol–water partition coefficient (Wildman–Crippen LogP) is -0.590. The Morgan fingerprint density at radius 1 is 1.82 bits per heavy atom. The van der Waals surface area contributed by atoms with E-state index in [1.165, 1.54) is 0 Å². The van der Waals surface area contributed by atoms with E-state index in [9.17, 15) is 4.79 Å². The van der Waals surface area contributed by atoms with Crippen molar-refractivity contribution in [2.75, 3.05) is 26.2 Å². The van der Waals surface area contributed by atoms with Crippen LogP contribution in [0.25, 0.3) is 0 Å². The molecular formula is C7H10N2O2. The summed E-state index contributed by atoms with van der Waals surface area (Å²) in [6.45, 7) is 2.25. The van der Waals surface area contributed by atoms with Gasteiger partial charge < -0.3 is 9.53 Å². The molecule has 1 saturated heterocycles. The van der Waals surface area contributed by atoms with Crippen LogP contribution in [-0.2, 0) is 9.53 Å². The van der Waals surface area contributed by atoms with Crippen molar-refractivity contribution in [2.24, 2.45) is 0 Å². The molecule has 1 unspecified atom stereocenters. The number of ether oxygens (including phenoxy) is 1. The highest BCUT2D eigenvalue weighted by molar-refractivity contribution is 5.52. The van der Waals surface area contributed by atoms with E-state index < -0.39 is 0 Å². The van der Waals surface area contributed by atoms with Crippen molar-refractivity contribution in [3.8, 4) is 6.07 Å². The summed E-state index contributed by atoms with van der Waals surface area (Å²) < 4.78 is 5.08. The average molecular weight is 154 g/mol. The molecule has 1 atom stereocenters. The highest BCUT2D eigenvalue weighted by Crippen LogP contribution is 2.02. The molecule has 1 rings (SSSR count). The number of nitriles is 1. The molecule has 4 heteroatoms. The normalized spacial score (nSPS) is 25.9. The fourth-order valence-electron chi connectivity index (χ4n) is 1.05. The summed E-state index contributed by atoms with van der Waals surface area (Å²) in [4.78, 5) is 12.0. The molecule has 0 N–H and O–H groups in total. The molecule has 0 aromatic heterocycles. The second-order valence-corrected chi connectivity index (χ2v) is 2.41. The first-order valence-electron chi connectivity index (χ1n) is 3.54. The van der Waals surface area contributed by atoms with Crippen LogP contribution in [-0.4, -0.2) is 43.5 Å². The molecule has 0 bridgehead atoms. The molecule has 0 aromatic rings. The highest BCUT2D eigenvalue weighted by atomic mass is 16.5. The molecule has 0 aromatic carbocycles. The fraction of sp³-hybridized carbons (Fsp3) is 0.714. The van der Waals surface area contributed by atoms with Crippen LogP contribution in [0.2, 0.25) is 0 Å². The first kappa shape index (κ1) is 8.18. The van der Waals surface area contributed by atoms with Crippen LogP contribution in [0.4, 0.5) is 0 Å². The van der Waals surface area contributed by atoms with Crippen LogP contribution in [0, 0.1) is 11.3 Å². The van der Waals surface area contributed by atoms with Gasteiger partial charge in [0.25, 0.3) is 0 Å². The Morgan fingerprint density at radius 2 is 2.64 bits per heavy atom. The molecule has 1 heterocycles. The molecule has 11 heavy (non-hydrogen) atoms. The van der Waals surface area contributed by atoms with Crippen molar-refractivity contribution in [2.45, 2.75) is 6.10 Å². The smallest absolute Gasteiger partial charge is 0.156 e. The second kappa shape index (κ2) is 4.06. The molecule has 0 saturated carbocycles. The van der Waals surface area contributed by atoms with E-state index in [0.717, 1.165) is 12.8 Å². The molecule has 1 aliphatic rings. The molecule has 1 aliphatic heterocycles. The van der Waals surface area contributed by atoms with E-state index in [0.29, 0.717) is 19.7 Å². The van der Waals surface area contributed by atoms with Gasteiger partial charge in [-0.3, -0.25) is 4.90 Å². The molecule has 0 aliphatic carbocycles. The zero-order chi connectivity index (χ0) is 8.10. The summed E-state index contributed by atoms with van der Waals surface area (Å²) in [6.07, 6.45) is 0.489. The fourth-order valence-corrected chi connectivity index (χ4v) is 1.05. The Labute approximate surface area is 65.4 Å². The van der Waals surface area contributed by atoms with Gasteiger partial charge in [0.15, 0.2) is 6.10 Å². The maximum atomic E-state index is 10.1. The molecule has 0 spiro atoms. The van der Waals surface area contributed by atoms with Crippen LogP contribution < -0.4 is 0 Å². The van der Waals surface area contributed by atoms with Gasteiger partial charge in [0.2, 0.25) is 0 Å². The third-order valence-electron chi connectivity index (χ3n) is 1.63. The highest BCUT2D eigenvalue weighted by Gasteiger charge is 2.18. The third kappa shape index (κ3) is 2.30. The maximum absolute atomic E-state index is 10.1. The molecule has 1 fully saturated rings. The number of morpholine rings is 1. The van der Waals surface area contributed by atoms with E-state index in [-0.39, 0.29) is 6.10 Å². The topological polar surface area (TPSA) is 53.3 Å². The van der Waals surface area contributed by atoms with Crippen molar-refractivity contribution in [1.29, 1.82) is 5.26 Å². The van der Waals surface area contributed by atoms with Gasteiger partial charge in [0.1, 0.15) is 6.29 Å². The number of nitrogens with zero attached hydrogens (tertiary/aromatic N) is 2. The van der Waals surface area contributed by atoms with Gasteiger partial charge in [-0.25, -0.2) is 0 Å². The molecular weight excluding hydrogens is 144 g/mol. The van der Waals surface area contributed by atoms with Crippen LogP contribution >= 0.6 is 0 Å². The average Bonchev–Trinajstić information content (AvgIpc) is 2.06. The van der Waals surface area contributed by atoms with Crippen molar-refractivity contribution >= 4 is 6.29 Å². The van der Waals surface area contributed by atoms with E-state index in [1.54, 1.807) is 0 Å². The largest absolute Gasteiger partial charge is 0.361 e. The first-order valence-corrected chi connectivity index (χ1v) is 3.54. The quantitative estimate of drug-likeness (QED) is 0.499. The summed E-state index contributed by atoms with van der Waals surface area (Å²) in [6, 6.07) is 2.01. The summed E-state index contributed by atoms with van der Waals surface area (Å²) in [5.41, 5.74) is 0. The number of aldehydes is 1. The number of carbonyl (C=O) groups excluding carboxylic acids is 1. The predicted molar refractivity (Wildman–Crippen MR) is 37.9 cm³/mol. The Kier molecular flexibility index (Phi) is 3.02. The number of carbonyl (C=O) groups is 1. The van der Waals surface area contributed by atoms with Crippen LogP contribution in [0.5, 0.6) is 0 Å². The summed E-state index contributed by atoms with van der Waals surface area (Å²) >= 11 is 0. The van der Waals surface area contributed by atoms with E-state index in [1.807, 2.05) is 11.0 Å². The van der Waals surface area contributed by atoms with Gasteiger partial charge >= 0.3 is 0 Å². The van der Waals surface area contributed by atoms with Crippen molar-refractivity contribution in [3.05, 3.63) is 0 Å². The molecule has 60 valence electrons. The Balaban J connectivity index is 2.34. The Bertz CT molecular complexity index is 176. The van der Waals surface area contributed by atoms with E-state index >= 15 is 0 Å². The van der Waals surface area contributed by atoms with Gasteiger partial charge in [-0.2, -0.15) is 5.26 Å². The van der Waals surface area contributed by atoms with Crippen LogP contribution in [0.3, 0.4) is 0 Å². The van der Waals surface area contributed by atoms with E-state index in [2.05, 4.69) is 0 Å². The van der Waals surface area contributed by atoms with Gasteiger partial charge in [-0.05, 0) is 0 Å². The SMILES string of the molecule is N#CC1CN(CC=O)CCO1. The van der Waals surface area contributed by atoms with Gasteiger partial charge in [-0.15, -0.1) is 0 Å².